The fourth-order valence-corrected chi connectivity index (χ4v) is 5.74. The van der Waals surface area contributed by atoms with Gasteiger partial charge in [0.2, 0.25) is 10.0 Å². The van der Waals surface area contributed by atoms with E-state index in [0.29, 0.717) is 12.2 Å². The zero-order valence-electron chi connectivity index (χ0n) is 19.1. The molecule has 180 valence electrons. The van der Waals surface area contributed by atoms with Gasteiger partial charge in [0.1, 0.15) is 5.82 Å². The van der Waals surface area contributed by atoms with Crippen molar-refractivity contribution in [2.24, 2.45) is 10.9 Å². The molecular formula is C23H29N7O3S. The summed E-state index contributed by atoms with van der Waals surface area (Å²) in [4.78, 5) is 22.1. The first-order chi connectivity index (χ1) is 16.2. The monoisotopic (exact) mass is 483 g/mol. The van der Waals surface area contributed by atoms with E-state index in [-0.39, 0.29) is 28.4 Å². The Balaban J connectivity index is 1.50. The molecule has 3 aromatic rings. The molecule has 2 aliphatic heterocycles. The number of carbonyl (C=O) groups is 1. The van der Waals surface area contributed by atoms with Crippen LogP contribution in [-0.2, 0) is 10.0 Å². The second-order valence-electron chi connectivity index (χ2n) is 9.17. The zero-order valence-corrected chi connectivity index (χ0v) is 19.9. The molecule has 0 saturated carbocycles. The SMILES string of the molecule is Cc1cn2nc([C@@H]3CCCCN3C(=O)c3ccccc3S(N)(=O)=O)cc2nc1N1CC[C@H](N)C1. The number of likely N-dealkylation sites (tertiary alicyclic amines) is 1. The molecule has 0 spiro atoms. The molecule has 1 aromatic carbocycles. The fraction of sp³-hybridized carbons (Fsp3) is 0.435. The summed E-state index contributed by atoms with van der Waals surface area (Å²) in [6.07, 6.45) is 5.42. The van der Waals surface area contributed by atoms with Gasteiger partial charge in [0.25, 0.3) is 5.91 Å². The van der Waals surface area contributed by atoms with Crippen molar-refractivity contribution in [1.82, 2.24) is 19.5 Å². The quantitative estimate of drug-likeness (QED) is 0.574. The first-order valence-corrected chi connectivity index (χ1v) is 13.1. The fourth-order valence-electron chi connectivity index (χ4n) is 5.01. The molecule has 5 rings (SSSR count). The Morgan fingerprint density at radius 3 is 2.68 bits per heavy atom. The van der Waals surface area contributed by atoms with Crippen molar-refractivity contribution in [3.63, 3.8) is 0 Å². The van der Waals surface area contributed by atoms with Crippen LogP contribution in [0.1, 0.15) is 53.3 Å². The van der Waals surface area contributed by atoms with Crippen LogP contribution in [0.5, 0.6) is 0 Å². The lowest BCUT2D eigenvalue weighted by atomic mass is 9.98. The van der Waals surface area contributed by atoms with E-state index >= 15 is 0 Å². The molecule has 2 saturated heterocycles. The van der Waals surface area contributed by atoms with Crippen LogP contribution in [0.15, 0.2) is 41.4 Å². The lowest BCUT2D eigenvalue weighted by molar-refractivity contribution is 0.0601. The number of sulfonamides is 1. The molecule has 2 atom stereocenters. The third kappa shape index (κ3) is 4.15. The largest absolute Gasteiger partial charge is 0.355 e. The average molecular weight is 484 g/mol. The van der Waals surface area contributed by atoms with Crippen LogP contribution in [0.3, 0.4) is 0 Å². The van der Waals surface area contributed by atoms with Crippen LogP contribution in [0, 0.1) is 6.92 Å². The molecule has 11 heteroatoms. The van der Waals surface area contributed by atoms with Gasteiger partial charge in [-0.25, -0.2) is 23.1 Å². The number of fused-ring (bicyclic) bond motifs is 1. The molecule has 2 aliphatic rings. The third-order valence-electron chi connectivity index (χ3n) is 6.68. The molecule has 10 nitrogen and oxygen atoms in total. The van der Waals surface area contributed by atoms with E-state index in [4.69, 9.17) is 21.0 Å². The van der Waals surface area contributed by atoms with E-state index in [1.807, 2.05) is 19.2 Å². The Hall–Kier alpha value is -3.02. The van der Waals surface area contributed by atoms with E-state index in [0.717, 1.165) is 55.8 Å². The predicted molar refractivity (Wildman–Crippen MR) is 128 cm³/mol. The molecule has 1 amide bonds. The van der Waals surface area contributed by atoms with Crippen molar-refractivity contribution in [2.75, 3.05) is 24.5 Å². The molecule has 4 N–H and O–H groups in total. The summed E-state index contributed by atoms with van der Waals surface area (Å²) in [5, 5.41) is 10.1. The molecule has 2 aromatic heterocycles. The molecule has 4 heterocycles. The van der Waals surface area contributed by atoms with Crippen LogP contribution in [0.2, 0.25) is 0 Å². The summed E-state index contributed by atoms with van der Waals surface area (Å²) in [7, 11) is -4.03. The minimum atomic E-state index is -4.03. The van der Waals surface area contributed by atoms with Gasteiger partial charge in [0.05, 0.1) is 22.2 Å². The van der Waals surface area contributed by atoms with E-state index in [2.05, 4.69) is 4.90 Å². The zero-order chi connectivity index (χ0) is 24.0. The average Bonchev–Trinajstić information content (AvgIpc) is 3.43. The number of hydrogen-bond acceptors (Lipinski definition) is 7. The highest BCUT2D eigenvalue weighted by molar-refractivity contribution is 7.89. The summed E-state index contributed by atoms with van der Waals surface area (Å²) in [5.41, 5.74) is 8.63. The van der Waals surface area contributed by atoms with Crippen molar-refractivity contribution in [2.45, 2.75) is 49.6 Å². The van der Waals surface area contributed by atoms with Crippen LogP contribution in [0.4, 0.5) is 5.82 Å². The Bertz CT molecular complexity index is 1350. The second kappa shape index (κ2) is 8.64. The van der Waals surface area contributed by atoms with Gasteiger partial charge in [0.15, 0.2) is 5.65 Å². The maximum Gasteiger partial charge on any atom is 0.255 e. The molecule has 2 fully saturated rings. The number of piperidine rings is 1. The topological polar surface area (TPSA) is 140 Å². The summed E-state index contributed by atoms with van der Waals surface area (Å²) in [6, 6.07) is 7.87. The summed E-state index contributed by atoms with van der Waals surface area (Å²) in [5.74, 6) is 0.549. The summed E-state index contributed by atoms with van der Waals surface area (Å²) in [6.45, 7) is 4.17. The molecular weight excluding hydrogens is 454 g/mol. The molecule has 0 unspecified atom stereocenters. The molecule has 0 aliphatic carbocycles. The number of nitrogens with two attached hydrogens (primary N) is 2. The van der Waals surface area contributed by atoms with Gasteiger partial charge >= 0.3 is 0 Å². The normalized spacial score (nSPS) is 21.4. The highest BCUT2D eigenvalue weighted by Crippen LogP contribution is 2.33. The number of anilines is 1. The van der Waals surface area contributed by atoms with E-state index < -0.39 is 10.0 Å². The Labute approximate surface area is 198 Å². The first-order valence-electron chi connectivity index (χ1n) is 11.5. The molecule has 0 bridgehead atoms. The number of hydrogen-bond donors (Lipinski definition) is 2. The predicted octanol–water partition coefficient (Wildman–Crippen LogP) is 1.59. The standard InChI is InChI=1S/C23H29N7O3S/c1-15-13-30-21(26-22(15)28-11-9-16(24)14-28)12-18(27-30)19-7-4-5-10-29(19)23(31)17-6-2-3-8-20(17)34(25,32)33/h2-3,6,8,12-13,16,19H,4-5,7,9-11,14,24H2,1H3,(H2,25,32,33)/t16-,19-/m0/s1. The molecule has 34 heavy (non-hydrogen) atoms. The maximum atomic E-state index is 13.5. The highest BCUT2D eigenvalue weighted by atomic mass is 32.2. The Morgan fingerprint density at radius 1 is 1.15 bits per heavy atom. The van der Waals surface area contributed by atoms with Crippen molar-refractivity contribution < 1.29 is 13.2 Å². The summed E-state index contributed by atoms with van der Waals surface area (Å²) < 4.78 is 25.9. The number of carbonyl (C=O) groups excluding carboxylic acids is 1. The van der Waals surface area contributed by atoms with E-state index in [1.165, 1.54) is 12.1 Å². The number of nitrogens with zero attached hydrogens (tertiary/aromatic N) is 5. The summed E-state index contributed by atoms with van der Waals surface area (Å²) >= 11 is 0. The van der Waals surface area contributed by atoms with Crippen LogP contribution in [-0.4, -0.2) is 59.5 Å². The van der Waals surface area contributed by atoms with Crippen molar-refractivity contribution in [3.8, 4) is 0 Å². The van der Waals surface area contributed by atoms with Gasteiger partial charge in [-0.1, -0.05) is 12.1 Å². The van der Waals surface area contributed by atoms with E-state index in [9.17, 15) is 13.2 Å². The Kier molecular flexibility index (Phi) is 5.78. The minimum Gasteiger partial charge on any atom is -0.355 e. The number of aryl methyl sites for hydroxylation is 1. The number of rotatable bonds is 4. The van der Waals surface area contributed by atoms with Crippen molar-refractivity contribution in [1.29, 1.82) is 0 Å². The van der Waals surface area contributed by atoms with E-state index in [1.54, 1.807) is 21.5 Å². The number of primary sulfonamides is 1. The Morgan fingerprint density at radius 2 is 1.94 bits per heavy atom. The van der Waals surface area contributed by atoms with Gasteiger partial charge < -0.3 is 15.5 Å². The van der Waals surface area contributed by atoms with Gasteiger partial charge in [0, 0.05) is 43.5 Å². The van der Waals surface area contributed by atoms with Crippen LogP contribution in [0.25, 0.3) is 5.65 Å². The highest BCUT2D eigenvalue weighted by Gasteiger charge is 2.33. The second-order valence-corrected chi connectivity index (χ2v) is 10.7. The van der Waals surface area contributed by atoms with Gasteiger partial charge in [-0.2, -0.15) is 5.10 Å². The third-order valence-corrected chi connectivity index (χ3v) is 7.65. The van der Waals surface area contributed by atoms with Crippen LogP contribution < -0.4 is 15.8 Å². The van der Waals surface area contributed by atoms with Crippen molar-refractivity contribution >= 4 is 27.4 Å². The first kappa shape index (κ1) is 22.8. The lowest BCUT2D eigenvalue weighted by Crippen LogP contribution is -2.39. The molecule has 0 radical (unpaired) electrons. The minimum absolute atomic E-state index is 0.0855. The van der Waals surface area contributed by atoms with Gasteiger partial charge in [-0.15, -0.1) is 0 Å². The number of amides is 1. The number of benzene rings is 1. The lowest BCUT2D eigenvalue weighted by Gasteiger charge is -2.35. The maximum absolute atomic E-state index is 13.5. The van der Waals surface area contributed by atoms with Crippen LogP contribution >= 0.6 is 0 Å². The van der Waals surface area contributed by atoms with Gasteiger partial charge in [-0.05, 0) is 44.7 Å². The van der Waals surface area contributed by atoms with Gasteiger partial charge in [-0.3, -0.25) is 4.79 Å². The number of aromatic nitrogens is 3. The van der Waals surface area contributed by atoms with Crippen molar-refractivity contribution in [3.05, 3.63) is 53.3 Å². The smallest absolute Gasteiger partial charge is 0.255 e.